The molecule has 1 atom stereocenters. The van der Waals surface area contributed by atoms with Crippen LogP contribution in [0, 0.1) is 0 Å². The molecule has 1 saturated carbocycles. The van der Waals surface area contributed by atoms with Gasteiger partial charge in [-0.15, -0.1) is 0 Å². The third-order valence-electron chi connectivity index (χ3n) is 3.32. The van der Waals surface area contributed by atoms with Crippen LogP contribution in [0.15, 0.2) is 0 Å². The van der Waals surface area contributed by atoms with Gasteiger partial charge < -0.3 is 18.9 Å². The van der Waals surface area contributed by atoms with Crippen molar-refractivity contribution in [2.45, 2.75) is 57.8 Å². The van der Waals surface area contributed by atoms with Gasteiger partial charge in [0.2, 0.25) is 0 Å². The Labute approximate surface area is 119 Å². The number of hydrogen-bond donors (Lipinski definition) is 0. The highest BCUT2D eigenvalue weighted by atomic mass is 16.7. The lowest BCUT2D eigenvalue weighted by Gasteiger charge is -2.36. The van der Waals surface area contributed by atoms with Gasteiger partial charge in [-0.3, -0.25) is 9.59 Å². The van der Waals surface area contributed by atoms with Crippen molar-refractivity contribution in [3.8, 4) is 0 Å². The van der Waals surface area contributed by atoms with Crippen LogP contribution >= 0.6 is 0 Å². The van der Waals surface area contributed by atoms with Gasteiger partial charge in [-0.05, 0) is 12.8 Å². The van der Waals surface area contributed by atoms with Gasteiger partial charge in [-0.2, -0.15) is 0 Å². The number of rotatable bonds is 7. The maximum absolute atomic E-state index is 11.0. The lowest BCUT2D eigenvalue weighted by molar-refractivity contribution is -0.251. The predicted molar refractivity (Wildman–Crippen MR) is 71.0 cm³/mol. The van der Waals surface area contributed by atoms with E-state index in [2.05, 4.69) is 0 Å². The van der Waals surface area contributed by atoms with E-state index in [1.807, 2.05) is 0 Å². The third-order valence-corrected chi connectivity index (χ3v) is 3.32. The molecular weight excluding hydrogens is 264 g/mol. The molecule has 0 bridgehead atoms. The Kier molecular flexibility index (Phi) is 6.95. The Bertz CT molecular complexity index is 322. The highest BCUT2D eigenvalue weighted by Crippen LogP contribution is 2.32. The summed E-state index contributed by atoms with van der Waals surface area (Å²) in [7, 11) is 1.62. The summed E-state index contributed by atoms with van der Waals surface area (Å²) in [6, 6.07) is 0. The Morgan fingerprint density at radius 2 is 1.70 bits per heavy atom. The van der Waals surface area contributed by atoms with Gasteiger partial charge in [-0.1, -0.05) is 6.42 Å². The Balaban J connectivity index is 2.49. The summed E-state index contributed by atoms with van der Waals surface area (Å²) >= 11 is 0. The van der Waals surface area contributed by atoms with Crippen molar-refractivity contribution in [1.29, 1.82) is 0 Å². The number of hydrogen-bond acceptors (Lipinski definition) is 6. The maximum atomic E-state index is 11.0. The van der Waals surface area contributed by atoms with Gasteiger partial charge in [0.05, 0.1) is 6.61 Å². The van der Waals surface area contributed by atoms with E-state index in [1.54, 1.807) is 7.11 Å². The van der Waals surface area contributed by atoms with Crippen molar-refractivity contribution in [2.75, 3.05) is 20.3 Å². The van der Waals surface area contributed by atoms with E-state index in [0.29, 0.717) is 0 Å². The molecule has 1 unspecified atom stereocenters. The van der Waals surface area contributed by atoms with E-state index in [9.17, 15) is 9.59 Å². The molecule has 1 aliphatic rings. The first-order valence-electron chi connectivity index (χ1n) is 6.97. The van der Waals surface area contributed by atoms with Crippen molar-refractivity contribution in [1.82, 2.24) is 0 Å². The molecule has 1 rings (SSSR count). The zero-order valence-electron chi connectivity index (χ0n) is 12.5. The van der Waals surface area contributed by atoms with Crippen molar-refractivity contribution in [3.05, 3.63) is 0 Å². The quantitative estimate of drug-likeness (QED) is 0.525. The average molecular weight is 288 g/mol. The Morgan fingerprint density at radius 1 is 1.05 bits per heavy atom. The van der Waals surface area contributed by atoms with E-state index in [1.165, 1.54) is 20.3 Å². The summed E-state index contributed by atoms with van der Waals surface area (Å²) < 4.78 is 21.3. The maximum Gasteiger partial charge on any atom is 0.303 e. The standard InChI is InChI=1S/C14H24O6/c1-11(15)18-9-13(20-12(2)16)10-19-14(17-3)7-5-4-6-8-14/h13H,4-10H2,1-3H3. The Morgan fingerprint density at radius 3 is 2.20 bits per heavy atom. The van der Waals surface area contributed by atoms with Crippen LogP contribution in [-0.2, 0) is 28.5 Å². The molecule has 1 fully saturated rings. The average Bonchev–Trinajstić information content (AvgIpc) is 2.42. The van der Waals surface area contributed by atoms with Crippen molar-refractivity contribution >= 4 is 11.9 Å². The van der Waals surface area contributed by atoms with Crippen LogP contribution < -0.4 is 0 Å². The number of ether oxygens (including phenoxy) is 4. The second kappa shape index (κ2) is 8.21. The van der Waals surface area contributed by atoms with Crippen LogP contribution in [0.25, 0.3) is 0 Å². The van der Waals surface area contributed by atoms with E-state index in [0.717, 1.165) is 25.7 Å². The van der Waals surface area contributed by atoms with Gasteiger partial charge in [0, 0.05) is 33.8 Å². The fraction of sp³-hybridized carbons (Fsp3) is 0.857. The first-order valence-corrected chi connectivity index (χ1v) is 6.97. The fourth-order valence-corrected chi connectivity index (χ4v) is 2.30. The van der Waals surface area contributed by atoms with Crippen LogP contribution in [-0.4, -0.2) is 44.2 Å². The fourth-order valence-electron chi connectivity index (χ4n) is 2.30. The third kappa shape index (κ3) is 5.88. The number of esters is 2. The zero-order chi connectivity index (χ0) is 15.0. The molecule has 0 aliphatic heterocycles. The van der Waals surface area contributed by atoms with Gasteiger partial charge >= 0.3 is 11.9 Å². The van der Waals surface area contributed by atoms with Crippen LogP contribution in [0.5, 0.6) is 0 Å². The molecule has 0 amide bonds. The van der Waals surface area contributed by atoms with Crippen LogP contribution in [0.3, 0.4) is 0 Å². The van der Waals surface area contributed by atoms with E-state index in [-0.39, 0.29) is 13.2 Å². The summed E-state index contributed by atoms with van der Waals surface area (Å²) in [6.45, 7) is 2.77. The van der Waals surface area contributed by atoms with E-state index < -0.39 is 23.8 Å². The lowest BCUT2D eigenvalue weighted by Crippen LogP contribution is -2.41. The van der Waals surface area contributed by atoms with E-state index >= 15 is 0 Å². The monoisotopic (exact) mass is 288 g/mol. The molecule has 0 saturated heterocycles. The molecule has 0 aromatic heterocycles. The molecule has 0 heterocycles. The first-order chi connectivity index (χ1) is 9.47. The van der Waals surface area contributed by atoms with Crippen LogP contribution in [0.4, 0.5) is 0 Å². The van der Waals surface area contributed by atoms with Crippen molar-refractivity contribution in [2.24, 2.45) is 0 Å². The molecular formula is C14H24O6. The molecule has 0 aromatic carbocycles. The smallest absolute Gasteiger partial charge is 0.303 e. The summed E-state index contributed by atoms with van der Waals surface area (Å²) in [5.74, 6) is -1.45. The minimum absolute atomic E-state index is 0.00525. The van der Waals surface area contributed by atoms with Gasteiger partial charge in [-0.25, -0.2) is 0 Å². The molecule has 0 aromatic rings. The number of carbonyl (C=O) groups excluding carboxylic acids is 2. The minimum Gasteiger partial charge on any atom is -0.462 e. The van der Waals surface area contributed by atoms with Crippen molar-refractivity contribution in [3.63, 3.8) is 0 Å². The topological polar surface area (TPSA) is 71.1 Å². The molecule has 20 heavy (non-hydrogen) atoms. The summed E-state index contributed by atoms with van der Waals surface area (Å²) in [5.41, 5.74) is 0. The zero-order valence-corrected chi connectivity index (χ0v) is 12.5. The molecule has 0 spiro atoms. The molecule has 116 valence electrons. The van der Waals surface area contributed by atoms with Crippen LogP contribution in [0.2, 0.25) is 0 Å². The first kappa shape index (κ1) is 16.9. The predicted octanol–water partition coefficient (Wildman–Crippen LogP) is 1.80. The summed E-state index contributed by atoms with van der Waals surface area (Å²) in [5, 5.41) is 0. The van der Waals surface area contributed by atoms with Crippen LogP contribution in [0.1, 0.15) is 46.0 Å². The summed E-state index contributed by atoms with van der Waals surface area (Å²) in [4.78, 5) is 21.9. The largest absolute Gasteiger partial charge is 0.462 e. The lowest BCUT2D eigenvalue weighted by atomic mass is 9.94. The normalized spacial score (nSPS) is 19.1. The summed E-state index contributed by atoms with van der Waals surface area (Å²) in [6.07, 6.45) is 4.32. The highest BCUT2D eigenvalue weighted by molar-refractivity contribution is 5.67. The van der Waals surface area contributed by atoms with Gasteiger partial charge in [0.25, 0.3) is 0 Å². The second-order valence-corrected chi connectivity index (χ2v) is 5.02. The van der Waals surface area contributed by atoms with Crippen molar-refractivity contribution < 1.29 is 28.5 Å². The van der Waals surface area contributed by atoms with E-state index in [4.69, 9.17) is 18.9 Å². The minimum atomic E-state index is -0.606. The molecule has 0 radical (unpaired) electrons. The number of carbonyl (C=O) groups is 2. The molecule has 1 aliphatic carbocycles. The second-order valence-electron chi connectivity index (χ2n) is 5.02. The molecule has 6 nitrogen and oxygen atoms in total. The van der Waals surface area contributed by atoms with Gasteiger partial charge in [0.1, 0.15) is 6.61 Å². The molecule has 6 heteroatoms. The SMILES string of the molecule is COC1(OCC(COC(C)=O)OC(C)=O)CCCCC1. The highest BCUT2D eigenvalue weighted by Gasteiger charge is 2.34. The number of methoxy groups -OCH3 is 1. The molecule has 0 N–H and O–H groups in total. The van der Waals surface area contributed by atoms with Gasteiger partial charge in [0.15, 0.2) is 11.9 Å². The Hall–Kier alpha value is -1.14.